The lowest BCUT2D eigenvalue weighted by Gasteiger charge is -2.05. The second-order valence-corrected chi connectivity index (χ2v) is 2.64. The topological polar surface area (TPSA) is 55.1 Å². The third kappa shape index (κ3) is 3.09. The Balaban J connectivity index is 0.000000791. The number of nitrogens with two attached hydrogens (primary N) is 1. The lowest BCUT2D eigenvalue weighted by atomic mass is 10.1. The van der Waals surface area contributed by atoms with E-state index in [1.54, 1.807) is 12.1 Å². The van der Waals surface area contributed by atoms with Crippen LogP contribution in [0.1, 0.15) is 29.8 Å². The molecule has 0 heterocycles. The summed E-state index contributed by atoms with van der Waals surface area (Å²) < 4.78 is 0. The molecular formula is C11H18N2O. The highest BCUT2D eigenvalue weighted by atomic mass is 16.1. The normalized spacial score (nSPS) is 8.57. The van der Waals surface area contributed by atoms with Gasteiger partial charge in [0.2, 0.25) is 5.91 Å². The van der Waals surface area contributed by atoms with Crippen LogP contribution in [0.5, 0.6) is 0 Å². The van der Waals surface area contributed by atoms with E-state index in [0.717, 1.165) is 11.3 Å². The number of benzene rings is 1. The molecular weight excluding hydrogens is 176 g/mol. The Morgan fingerprint density at radius 2 is 1.93 bits per heavy atom. The number of hydrogen-bond donors (Lipinski definition) is 2. The summed E-state index contributed by atoms with van der Waals surface area (Å²) >= 11 is 0. The maximum absolute atomic E-state index is 10.8. The minimum absolute atomic E-state index is 0.397. The van der Waals surface area contributed by atoms with Crippen molar-refractivity contribution in [3.63, 3.8) is 0 Å². The summed E-state index contributed by atoms with van der Waals surface area (Å²) in [6.07, 6.45) is 0. The number of primary amides is 1. The monoisotopic (exact) mass is 194 g/mol. The molecule has 1 rings (SSSR count). The van der Waals surface area contributed by atoms with Gasteiger partial charge >= 0.3 is 0 Å². The summed E-state index contributed by atoms with van der Waals surface area (Å²) in [6.45, 7) is 5.97. The van der Waals surface area contributed by atoms with Gasteiger partial charge in [-0.05, 0) is 24.6 Å². The zero-order chi connectivity index (χ0) is 11.1. The lowest BCUT2D eigenvalue weighted by Crippen LogP contribution is -2.11. The second kappa shape index (κ2) is 6.02. The highest BCUT2D eigenvalue weighted by molar-refractivity contribution is 5.93. The highest BCUT2D eigenvalue weighted by Crippen LogP contribution is 2.15. The van der Waals surface area contributed by atoms with Crippen molar-refractivity contribution in [3.8, 4) is 0 Å². The van der Waals surface area contributed by atoms with Crippen LogP contribution in [0.4, 0.5) is 5.69 Å². The maximum Gasteiger partial charge on any atom is 0.248 e. The molecule has 1 amide bonds. The Hall–Kier alpha value is -1.51. The largest absolute Gasteiger partial charge is 0.388 e. The van der Waals surface area contributed by atoms with Crippen molar-refractivity contribution in [3.05, 3.63) is 29.3 Å². The first-order valence-corrected chi connectivity index (χ1v) is 4.73. The number of hydrogen-bond acceptors (Lipinski definition) is 2. The van der Waals surface area contributed by atoms with Gasteiger partial charge in [-0.15, -0.1) is 0 Å². The van der Waals surface area contributed by atoms with Gasteiger partial charge in [0.1, 0.15) is 0 Å². The summed E-state index contributed by atoms with van der Waals surface area (Å²) in [5, 5.41) is 2.98. The predicted octanol–water partition coefficient (Wildman–Crippen LogP) is 2.16. The zero-order valence-electron chi connectivity index (χ0n) is 9.22. The molecule has 78 valence electrons. The summed E-state index contributed by atoms with van der Waals surface area (Å²) in [6, 6.07) is 5.34. The fourth-order valence-electron chi connectivity index (χ4n) is 1.04. The van der Waals surface area contributed by atoms with Gasteiger partial charge in [-0.25, -0.2) is 0 Å². The van der Waals surface area contributed by atoms with Crippen molar-refractivity contribution in [2.24, 2.45) is 5.73 Å². The summed E-state index contributed by atoms with van der Waals surface area (Å²) in [4.78, 5) is 10.8. The molecule has 14 heavy (non-hydrogen) atoms. The number of carbonyl (C=O) groups is 1. The van der Waals surface area contributed by atoms with Gasteiger partial charge in [0.15, 0.2) is 0 Å². The Morgan fingerprint density at radius 1 is 1.36 bits per heavy atom. The molecule has 0 saturated carbocycles. The van der Waals surface area contributed by atoms with Gasteiger partial charge in [0, 0.05) is 18.3 Å². The van der Waals surface area contributed by atoms with Crippen LogP contribution in [0.2, 0.25) is 0 Å². The summed E-state index contributed by atoms with van der Waals surface area (Å²) in [5.41, 5.74) is 7.69. The molecule has 0 fully saturated rings. The zero-order valence-corrected chi connectivity index (χ0v) is 9.22. The maximum atomic E-state index is 10.8. The predicted molar refractivity (Wildman–Crippen MR) is 60.6 cm³/mol. The Bertz CT molecular complexity index is 308. The molecule has 3 heteroatoms. The number of anilines is 1. The molecule has 0 aliphatic rings. The molecule has 0 saturated heterocycles. The molecule has 0 radical (unpaired) electrons. The standard InChI is InChI=1S/C9H12N2O.C2H6/c1-6-3-4-7(9(10)12)5-8(6)11-2;1-2/h3-5,11H,1-2H3,(H2,10,12);1-2H3. The Kier molecular flexibility index (Phi) is 5.37. The van der Waals surface area contributed by atoms with E-state index in [4.69, 9.17) is 5.73 Å². The highest BCUT2D eigenvalue weighted by Gasteiger charge is 2.02. The van der Waals surface area contributed by atoms with Gasteiger partial charge < -0.3 is 11.1 Å². The summed E-state index contributed by atoms with van der Waals surface area (Å²) in [7, 11) is 1.81. The smallest absolute Gasteiger partial charge is 0.248 e. The first kappa shape index (κ1) is 12.5. The van der Waals surface area contributed by atoms with E-state index >= 15 is 0 Å². The van der Waals surface area contributed by atoms with Crippen LogP contribution in [0.3, 0.4) is 0 Å². The number of aryl methyl sites for hydroxylation is 1. The van der Waals surface area contributed by atoms with Gasteiger partial charge in [-0.1, -0.05) is 19.9 Å². The second-order valence-electron chi connectivity index (χ2n) is 2.64. The minimum atomic E-state index is -0.397. The number of amides is 1. The molecule has 0 bridgehead atoms. The van der Waals surface area contributed by atoms with Crippen molar-refractivity contribution >= 4 is 11.6 Å². The van der Waals surface area contributed by atoms with Crippen molar-refractivity contribution < 1.29 is 4.79 Å². The minimum Gasteiger partial charge on any atom is -0.388 e. The molecule has 0 unspecified atom stereocenters. The first-order valence-electron chi connectivity index (χ1n) is 4.73. The Morgan fingerprint density at radius 3 is 2.36 bits per heavy atom. The van der Waals surface area contributed by atoms with Crippen LogP contribution in [-0.2, 0) is 0 Å². The van der Waals surface area contributed by atoms with E-state index in [1.165, 1.54) is 0 Å². The van der Waals surface area contributed by atoms with Gasteiger partial charge in [-0.2, -0.15) is 0 Å². The summed E-state index contributed by atoms with van der Waals surface area (Å²) in [5.74, 6) is -0.397. The van der Waals surface area contributed by atoms with Crippen molar-refractivity contribution in [1.29, 1.82) is 0 Å². The fourth-order valence-corrected chi connectivity index (χ4v) is 1.04. The van der Waals surface area contributed by atoms with E-state index < -0.39 is 5.91 Å². The van der Waals surface area contributed by atoms with E-state index in [-0.39, 0.29) is 0 Å². The fraction of sp³-hybridized carbons (Fsp3) is 0.364. The van der Waals surface area contributed by atoms with Crippen LogP contribution < -0.4 is 11.1 Å². The quantitative estimate of drug-likeness (QED) is 0.758. The molecule has 0 aliphatic carbocycles. The van der Waals surface area contributed by atoms with Crippen LogP contribution >= 0.6 is 0 Å². The van der Waals surface area contributed by atoms with Gasteiger partial charge in [0.05, 0.1) is 0 Å². The number of nitrogens with one attached hydrogen (secondary N) is 1. The molecule has 0 spiro atoms. The molecule has 0 atom stereocenters. The Labute approximate surface area is 85.3 Å². The van der Waals surface area contributed by atoms with Crippen LogP contribution in [0.25, 0.3) is 0 Å². The molecule has 1 aromatic carbocycles. The van der Waals surface area contributed by atoms with E-state index in [0.29, 0.717) is 5.56 Å². The lowest BCUT2D eigenvalue weighted by molar-refractivity contribution is 0.100. The SMILES string of the molecule is CC.CNc1cc(C(N)=O)ccc1C. The van der Waals surface area contributed by atoms with Crippen LogP contribution in [0.15, 0.2) is 18.2 Å². The average Bonchev–Trinajstić information content (AvgIpc) is 2.21. The van der Waals surface area contributed by atoms with E-state index in [1.807, 2.05) is 33.9 Å². The number of rotatable bonds is 2. The van der Waals surface area contributed by atoms with Gasteiger partial charge in [0.25, 0.3) is 0 Å². The van der Waals surface area contributed by atoms with Crippen molar-refractivity contribution in [2.75, 3.05) is 12.4 Å². The van der Waals surface area contributed by atoms with E-state index in [2.05, 4.69) is 5.32 Å². The number of carbonyl (C=O) groups excluding carboxylic acids is 1. The van der Waals surface area contributed by atoms with Crippen LogP contribution in [0, 0.1) is 6.92 Å². The van der Waals surface area contributed by atoms with Crippen LogP contribution in [-0.4, -0.2) is 13.0 Å². The van der Waals surface area contributed by atoms with E-state index in [9.17, 15) is 4.79 Å². The molecule has 0 aliphatic heterocycles. The molecule has 1 aromatic rings. The average molecular weight is 194 g/mol. The van der Waals surface area contributed by atoms with Gasteiger partial charge in [-0.3, -0.25) is 4.79 Å². The third-order valence-corrected chi connectivity index (χ3v) is 1.79. The molecule has 3 N–H and O–H groups in total. The van der Waals surface area contributed by atoms with Crippen molar-refractivity contribution in [2.45, 2.75) is 20.8 Å². The first-order chi connectivity index (χ1) is 6.65. The molecule has 0 aromatic heterocycles. The molecule has 3 nitrogen and oxygen atoms in total. The van der Waals surface area contributed by atoms with Crippen molar-refractivity contribution in [1.82, 2.24) is 0 Å². The third-order valence-electron chi connectivity index (χ3n) is 1.79.